The van der Waals surface area contributed by atoms with E-state index in [2.05, 4.69) is 11.4 Å². The summed E-state index contributed by atoms with van der Waals surface area (Å²) in [6.07, 6.45) is 2.68. The Morgan fingerprint density at radius 2 is 2.27 bits per heavy atom. The number of nitrogens with zero attached hydrogens (tertiary/aromatic N) is 1. The number of hydrogen-bond acceptors (Lipinski definition) is 3. The number of anilines is 1. The van der Waals surface area contributed by atoms with E-state index >= 15 is 0 Å². The number of nitrogens with one attached hydrogen (secondary N) is 1. The van der Waals surface area contributed by atoms with Gasteiger partial charge in [0.25, 0.3) is 0 Å². The summed E-state index contributed by atoms with van der Waals surface area (Å²) in [5.74, 6) is 0. The first-order valence-corrected chi connectivity index (χ1v) is 5.24. The van der Waals surface area contributed by atoms with E-state index in [1.54, 1.807) is 6.07 Å². The van der Waals surface area contributed by atoms with Gasteiger partial charge in [-0.25, -0.2) is 0 Å². The maximum absolute atomic E-state index is 9.65. The molecule has 0 spiro atoms. The van der Waals surface area contributed by atoms with Crippen LogP contribution in [0.1, 0.15) is 24.8 Å². The van der Waals surface area contributed by atoms with Crippen LogP contribution in [-0.2, 0) is 0 Å². The molecule has 2 rings (SSSR count). The molecule has 1 saturated carbocycles. The molecule has 1 aliphatic rings. The maximum Gasteiger partial charge on any atom is 0.0992 e. The van der Waals surface area contributed by atoms with E-state index in [-0.39, 0.29) is 12.1 Å². The molecule has 0 saturated heterocycles. The largest absolute Gasteiger partial charge is 0.391 e. The van der Waals surface area contributed by atoms with Gasteiger partial charge in [-0.3, -0.25) is 0 Å². The Hall–Kier alpha value is -1.53. The van der Waals surface area contributed by atoms with Gasteiger partial charge in [-0.2, -0.15) is 5.26 Å². The molecule has 15 heavy (non-hydrogen) atoms. The van der Waals surface area contributed by atoms with Crippen molar-refractivity contribution in [1.29, 1.82) is 5.26 Å². The highest BCUT2D eigenvalue weighted by atomic mass is 16.3. The Bertz CT molecular complexity index is 383. The van der Waals surface area contributed by atoms with Gasteiger partial charge in [-0.1, -0.05) is 6.07 Å². The van der Waals surface area contributed by atoms with E-state index < -0.39 is 0 Å². The number of hydrogen-bond donors (Lipinski definition) is 2. The Morgan fingerprint density at radius 1 is 1.40 bits per heavy atom. The fourth-order valence-corrected chi connectivity index (χ4v) is 2.00. The molecule has 3 nitrogen and oxygen atoms in total. The van der Waals surface area contributed by atoms with Crippen LogP contribution in [0.2, 0.25) is 0 Å². The van der Waals surface area contributed by atoms with Gasteiger partial charge in [0.15, 0.2) is 0 Å². The number of nitriles is 1. The summed E-state index contributed by atoms with van der Waals surface area (Å²) >= 11 is 0. The third-order valence-corrected chi connectivity index (χ3v) is 2.82. The second-order valence-corrected chi connectivity index (χ2v) is 3.94. The molecule has 0 heterocycles. The zero-order valence-electron chi connectivity index (χ0n) is 8.48. The minimum absolute atomic E-state index is 0.138. The normalized spacial score (nSPS) is 24.8. The van der Waals surface area contributed by atoms with Crippen molar-refractivity contribution in [2.75, 3.05) is 5.32 Å². The first kappa shape index (κ1) is 10.0. The van der Waals surface area contributed by atoms with E-state index in [1.807, 2.05) is 18.2 Å². The molecular formula is C12H14N2O. The molecule has 1 aliphatic carbocycles. The van der Waals surface area contributed by atoms with Gasteiger partial charge in [-0.05, 0) is 37.5 Å². The topological polar surface area (TPSA) is 56.0 Å². The molecule has 2 N–H and O–H groups in total. The van der Waals surface area contributed by atoms with Gasteiger partial charge >= 0.3 is 0 Å². The van der Waals surface area contributed by atoms with E-state index in [1.165, 1.54) is 0 Å². The maximum atomic E-state index is 9.65. The van der Waals surface area contributed by atoms with Crippen LogP contribution in [0.25, 0.3) is 0 Å². The summed E-state index contributed by atoms with van der Waals surface area (Å²) in [5, 5.41) is 21.7. The first-order chi connectivity index (χ1) is 7.29. The number of rotatable bonds is 2. The second kappa shape index (κ2) is 4.33. The lowest BCUT2D eigenvalue weighted by Gasteiger charge is -2.17. The smallest absolute Gasteiger partial charge is 0.0992 e. The lowest BCUT2D eigenvalue weighted by Crippen LogP contribution is -2.27. The van der Waals surface area contributed by atoms with Gasteiger partial charge in [0, 0.05) is 5.69 Å². The Kier molecular flexibility index (Phi) is 2.89. The van der Waals surface area contributed by atoms with E-state index in [4.69, 9.17) is 5.26 Å². The molecule has 1 aromatic rings. The molecule has 0 bridgehead atoms. The van der Waals surface area contributed by atoms with Crippen LogP contribution >= 0.6 is 0 Å². The number of aliphatic hydroxyl groups excluding tert-OH is 1. The van der Waals surface area contributed by atoms with Crippen LogP contribution in [0.15, 0.2) is 24.3 Å². The van der Waals surface area contributed by atoms with Gasteiger partial charge < -0.3 is 10.4 Å². The van der Waals surface area contributed by atoms with Crippen molar-refractivity contribution in [2.24, 2.45) is 0 Å². The molecule has 2 atom stereocenters. The van der Waals surface area contributed by atoms with Crippen molar-refractivity contribution in [2.45, 2.75) is 31.4 Å². The molecule has 0 unspecified atom stereocenters. The van der Waals surface area contributed by atoms with E-state index in [9.17, 15) is 5.11 Å². The fraction of sp³-hybridized carbons (Fsp3) is 0.417. The molecule has 0 amide bonds. The molecule has 3 heteroatoms. The summed E-state index contributed by atoms with van der Waals surface area (Å²) in [5.41, 5.74) is 1.56. The summed E-state index contributed by atoms with van der Waals surface area (Å²) < 4.78 is 0. The number of aliphatic hydroxyl groups is 1. The third kappa shape index (κ3) is 2.28. The molecule has 0 aliphatic heterocycles. The van der Waals surface area contributed by atoms with Crippen molar-refractivity contribution in [1.82, 2.24) is 0 Å². The van der Waals surface area contributed by atoms with Crippen molar-refractivity contribution in [3.63, 3.8) is 0 Å². The predicted octanol–water partition coefficient (Wildman–Crippen LogP) is 1.88. The summed E-state index contributed by atoms with van der Waals surface area (Å²) in [6, 6.07) is 9.60. The van der Waals surface area contributed by atoms with Crippen molar-refractivity contribution < 1.29 is 5.11 Å². The van der Waals surface area contributed by atoms with Gasteiger partial charge in [0.1, 0.15) is 0 Å². The Balaban J connectivity index is 2.07. The van der Waals surface area contributed by atoms with Crippen LogP contribution in [0.5, 0.6) is 0 Å². The van der Waals surface area contributed by atoms with Gasteiger partial charge in [-0.15, -0.1) is 0 Å². The van der Waals surface area contributed by atoms with E-state index in [0.29, 0.717) is 5.56 Å². The van der Waals surface area contributed by atoms with Crippen LogP contribution in [0, 0.1) is 11.3 Å². The zero-order chi connectivity index (χ0) is 10.7. The minimum atomic E-state index is -0.254. The highest BCUT2D eigenvalue weighted by Crippen LogP contribution is 2.23. The van der Waals surface area contributed by atoms with Crippen LogP contribution in [0.4, 0.5) is 5.69 Å². The number of benzene rings is 1. The van der Waals surface area contributed by atoms with Crippen LogP contribution in [-0.4, -0.2) is 17.3 Å². The standard InChI is InChI=1S/C12H14N2O/c13-8-9-3-1-4-10(7-9)14-11-5-2-6-12(11)15/h1,3-4,7,11-12,14-15H,2,5-6H2/t11-,12-/m0/s1. The molecule has 0 radical (unpaired) electrons. The highest BCUT2D eigenvalue weighted by molar-refractivity contribution is 5.50. The van der Waals surface area contributed by atoms with Crippen LogP contribution in [0.3, 0.4) is 0 Å². The van der Waals surface area contributed by atoms with Gasteiger partial charge in [0.2, 0.25) is 0 Å². The third-order valence-electron chi connectivity index (χ3n) is 2.82. The summed E-state index contributed by atoms with van der Waals surface area (Å²) in [4.78, 5) is 0. The van der Waals surface area contributed by atoms with Crippen molar-refractivity contribution in [3.8, 4) is 6.07 Å². The monoisotopic (exact) mass is 202 g/mol. The Morgan fingerprint density at radius 3 is 2.93 bits per heavy atom. The summed E-state index contributed by atoms with van der Waals surface area (Å²) in [7, 11) is 0. The average molecular weight is 202 g/mol. The lowest BCUT2D eigenvalue weighted by molar-refractivity contribution is 0.172. The van der Waals surface area contributed by atoms with Crippen molar-refractivity contribution in [3.05, 3.63) is 29.8 Å². The molecule has 1 aromatic carbocycles. The Labute approximate surface area is 89.4 Å². The zero-order valence-corrected chi connectivity index (χ0v) is 8.48. The van der Waals surface area contributed by atoms with E-state index in [0.717, 1.165) is 24.9 Å². The summed E-state index contributed by atoms with van der Waals surface area (Å²) in [6.45, 7) is 0. The molecule has 78 valence electrons. The van der Waals surface area contributed by atoms with Crippen LogP contribution < -0.4 is 5.32 Å². The molecule has 0 aromatic heterocycles. The predicted molar refractivity (Wildman–Crippen MR) is 58.4 cm³/mol. The SMILES string of the molecule is N#Cc1cccc(N[C@H]2CCC[C@@H]2O)c1. The fourth-order valence-electron chi connectivity index (χ4n) is 2.00. The van der Waals surface area contributed by atoms with Crippen molar-refractivity contribution >= 4 is 5.69 Å². The lowest BCUT2D eigenvalue weighted by atomic mass is 10.1. The second-order valence-electron chi connectivity index (χ2n) is 3.94. The average Bonchev–Trinajstić information content (AvgIpc) is 2.65. The highest BCUT2D eigenvalue weighted by Gasteiger charge is 2.24. The van der Waals surface area contributed by atoms with Gasteiger partial charge in [0.05, 0.1) is 23.8 Å². The quantitative estimate of drug-likeness (QED) is 0.770. The molecular weight excluding hydrogens is 188 g/mol. The first-order valence-electron chi connectivity index (χ1n) is 5.24. The minimum Gasteiger partial charge on any atom is -0.391 e. The molecule has 1 fully saturated rings.